The molecule has 1 amide bonds. The number of carbonyl (C=O) groups excluding carboxylic acids is 2. The van der Waals surface area contributed by atoms with Crippen LogP contribution in [-0.2, 0) is 14.3 Å². The summed E-state index contributed by atoms with van der Waals surface area (Å²) in [5.74, 6) is -0.738. The molecule has 4 rings (SSSR count). The number of aryl methyl sites for hydroxylation is 1. The van der Waals surface area contributed by atoms with Gasteiger partial charge in [0.2, 0.25) is 0 Å². The number of amides is 1. The van der Waals surface area contributed by atoms with Crippen molar-refractivity contribution in [3.8, 4) is 11.5 Å². The van der Waals surface area contributed by atoms with E-state index >= 15 is 0 Å². The van der Waals surface area contributed by atoms with E-state index < -0.39 is 17.7 Å². The Morgan fingerprint density at radius 2 is 1.97 bits per heavy atom. The first-order chi connectivity index (χ1) is 15.4. The minimum absolute atomic E-state index is 0.0436. The number of ether oxygens (including phenoxy) is 3. The third-order valence-corrected chi connectivity index (χ3v) is 5.99. The molecule has 2 aromatic carbocycles. The molecule has 1 N–H and O–H groups in total. The van der Waals surface area contributed by atoms with E-state index in [4.69, 9.17) is 14.2 Å². The number of ketones is 1. The van der Waals surface area contributed by atoms with Gasteiger partial charge < -0.3 is 24.2 Å². The number of hydrogen-bond acceptors (Lipinski definition) is 6. The van der Waals surface area contributed by atoms with Crippen LogP contribution >= 0.6 is 0 Å². The lowest BCUT2D eigenvalue weighted by Crippen LogP contribution is -2.36. The van der Waals surface area contributed by atoms with Gasteiger partial charge in [0.1, 0.15) is 17.3 Å². The Labute approximate surface area is 187 Å². The molecule has 0 spiro atoms. The second-order valence-electron chi connectivity index (χ2n) is 8.07. The summed E-state index contributed by atoms with van der Waals surface area (Å²) in [5, 5.41) is 11.3. The van der Waals surface area contributed by atoms with Crippen LogP contribution in [0, 0.1) is 6.92 Å². The number of benzene rings is 2. The van der Waals surface area contributed by atoms with Crippen LogP contribution in [0.2, 0.25) is 0 Å². The highest BCUT2D eigenvalue weighted by Crippen LogP contribution is 2.42. The molecule has 2 aromatic rings. The first-order valence-electron chi connectivity index (χ1n) is 10.6. The zero-order valence-corrected chi connectivity index (χ0v) is 18.5. The van der Waals surface area contributed by atoms with E-state index in [-0.39, 0.29) is 17.4 Å². The van der Waals surface area contributed by atoms with Gasteiger partial charge in [0, 0.05) is 19.2 Å². The van der Waals surface area contributed by atoms with Crippen LogP contribution in [0.15, 0.2) is 48.0 Å². The van der Waals surface area contributed by atoms with Crippen LogP contribution < -0.4 is 9.47 Å². The van der Waals surface area contributed by atoms with Crippen molar-refractivity contribution in [3.05, 3.63) is 64.7 Å². The maximum atomic E-state index is 13.2. The Balaban J connectivity index is 1.86. The summed E-state index contributed by atoms with van der Waals surface area (Å²) in [6.45, 7) is 2.88. The smallest absolute Gasteiger partial charge is 0.295 e. The van der Waals surface area contributed by atoms with Crippen LogP contribution in [0.4, 0.5) is 0 Å². The minimum Gasteiger partial charge on any atom is -0.507 e. The number of aliphatic hydroxyl groups is 1. The van der Waals surface area contributed by atoms with Crippen molar-refractivity contribution in [3.63, 3.8) is 0 Å². The van der Waals surface area contributed by atoms with Crippen LogP contribution in [0.25, 0.3) is 5.76 Å². The fourth-order valence-corrected chi connectivity index (χ4v) is 4.40. The molecule has 32 heavy (non-hydrogen) atoms. The third-order valence-electron chi connectivity index (χ3n) is 5.99. The predicted molar refractivity (Wildman–Crippen MR) is 119 cm³/mol. The molecule has 2 heterocycles. The van der Waals surface area contributed by atoms with Crippen molar-refractivity contribution >= 4 is 17.4 Å². The van der Waals surface area contributed by atoms with E-state index in [9.17, 15) is 14.7 Å². The number of methoxy groups -OCH3 is 2. The van der Waals surface area contributed by atoms with Crippen LogP contribution in [-0.4, -0.2) is 55.2 Å². The van der Waals surface area contributed by atoms with Crippen molar-refractivity contribution in [2.45, 2.75) is 31.9 Å². The Morgan fingerprint density at radius 1 is 1.16 bits per heavy atom. The number of carbonyl (C=O) groups is 2. The largest absolute Gasteiger partial charge is 0.507 e. The van der Waals surface area contributed by atoms with Crippen molar-refractivity contribution in [1.29, 1.82) is 0 Å². The quantitative estimate of drug-likeness (QED) is 0.422. The standard InChI is InChI=1S/C25H27NO6/c1-15-6-4-7-16(12-15)22-21(23(27)19-10-9-17(30-2)13-20(19)31-3)24(28)25(29)26(22)14-18-8-5-11-32-18/h4,6-7,9-10,12-13,18,22,27H,5,8,11,14H2,1-3H3/b23-21-. The number of likely N-dealkylation sites (tertiary alicyclic amines) is 1. The van der Waals surface area contributed by atoms with Crippen LogP contribution in [0.5, 0.6) is 11.5 Å². The molecule has 2 saturated heterocycles. The van der Waals surface area contributed by atoms with Crippen molar-refractivity contribution < 1.29 is 28.9 Å². The van der Waals surface area contributed by atoms with Gasteiger partial charge in [-0.25, -0.2) is 0 Å². The van der Waals surface area contributed by atoms with Gasteiger partial charge >= 0.3 is 0 Å². The third kappa shape index (κ3) is 3.96. The molecule has 2 aliphatic heterocycles. The Kier molecular flexibility index (Phi) is 6.19. The minimum atomic E-state index is -0.718. The fourth-order valence-electron chi connectivity index (χ4n) is 4.40. The first-order valence-corrected chi connectivity index (χ1v) is 10.6. The van der Waals surface area contributed by atoms with Crippen LogP contribution in [0.3, 0.4) is 0 Å². The zero-order valence-electron chi connectivity index (χ0n) is 18.5. The lowest BCUT2D eigenvalue weighted by Gasteiger charge is -2.27. The number of aliphatic hydroxyl groups excluding tert-OH is 1. The zero-order chi connectivity index (χ0) is 22.8. The van der Waals surface area contributed by atoms with E-state index in [0.29, 0.717) is 30.2 Å². The lowest BCUT2D eigenvalue weighted by molar-refractivity contribution is -0.140. The molecule has 0 aromatic heterocycles. The number of rotatable bonds is 6. The summed E-state index contributed by atoms with van der Waals surface area (Å²) in [4.78, 5) is 27.8. The molecule has 0 saturated carbocycles. The highest BCUT2D eigenvalue weighted by atomic mass is 16.5. The van der Waals surface area contributed by atoms with E-state index in [0.717, 1.165) is 24.0 Å². The summed E-state index contributed by atoms with van der Waals surface area (Å²) in [6, 6.07) is 11.8. The molecule has 0 radical (unpaired) electrons. The topological polar surface area (TPSA) is 85.3 Å². The Bertz CT molecular complexity index is 1070. The second-order valence-corrected chi connectivity index (χ2v) is 8.07. The van der Waals surface area contributed by atoms with Gasteiger partial charge in [-0.05, 0) is 37.5 Å². The van der Waals surface area contributed by atoms with E-state index in [1.807, 2.05) is 31.2 Å². The highest BCUT2D eigenvalue weighted by Gasteiger charge is 2.47. The summed E-state index contributed by atoms with van der Waals surface area (Å²) in [7, 11) is 3.00. The van der Waals surface area contributed by atoms with Gasteiger partial charge in [0.05, 0.1) is 37.5 Å². The predicted octanol–water partition coefficient (Wildman–Crippen LogP) is 3.61. The van der Waals surface area contributed by atoms with E-state index in [2.05, 4.69) is 0 Å². The molecule has 168 valence electrons. The normalized spacial score (nSPS) is 22.4. The highest BCUT2D eigenvalue weighted by molar-refractivity contribution is 6.46. The van der Waals surface area contributed by atoms with Crippen LogP contribution in [0.1, 0.15) is 35.6 Å². The molecule has 7 nitrogen and oxygen atoms in total. The van der Waals surface area contributed by atoms with Crippen molar-refractivity contribution in [1.82, 2.24) is 4.90 Å². The summed E-state index contributed by atoms with van der Waals surface area (Å²) in [6.07, 6.45) is 1.62. The average molecular weight is 437 g/mol. The molecule has 7 heteroatoms. The summed E-state index contributed by atoms with van der Waals surface area (Å²) < 4.78 is 16.4. The molecule has 2 aliphatic rings. The maximum Gasteiger partial charge on any atom is 0.295 e. The molecule has 2 atom stereocenters. The van der Waals surface area contributed by atoms with Gasteiger partial charge in [-0.15, -0.1) is 0 Å². The van der Waals surface area contributed by atoms with Crippen molar-refractivity contribution in [2.75, 3.05) is 27.4 Å². The fraction of sp³-hybridized carbons (Fsp3) is 0.360. The van der Waals surface area contributed by atoms with Gasteiger partial charge in [-0.2, -0.15) is 0 Å². The van der Waals surface area contributed by atoms with E-state index in [1.54, 1.807) is 18.2 Å². The summed E-state index contributed by atoms with van der Waals surface area (Å²) >= 11 is 0. The van der Waals surface area contributed by atoms with Gasteiger partial charge in [-0.3, -0.25) is 9.59 Å². The first kappa shape index (κ1) is 21.9. The summed E-state index contributed by atoms with van der Waals surface area (Å²) in [5.41, 5.74) is 2.12. The average Bonchev–Trinajstić information content (AvgIpc) is 3.40. The monoisotopic (exact) mass is 437 g/mol. The SMILES string of the molecule is COc1ccc(/C(O)=C2/C(=O)C(=O)N(CC3CCCO3)C2c2cccc(C)c2)c(OC)c1. The number of nitrogens with zero attached hydrogens (tertiary/aromatic N) is 1. The molecule has 0 bridgehead atoms. The van der Waals surface area contributed by atoms with Crippen molar-refractivity contribution in [2.24, 2.45) is 0 Å². The van der Waals surface area contributed by atoms with E-state index in [1.165, 1.54) is 19.1 Å². The number of Topliss-reactive ketones (excluding diaryl/α,β-unsaturated/α-hetero) is 1. The van der Waals surface area contributed by atoms with Gasteiger partial charge in [-0.1, -0.05) is 29.8 Å². The molecule has 2 fully saturated rings. The van der Waals surface area contributed by atoms with Gasteiger partial charge in [0.15, 0.2) is 0 Å². The van der Waals surface area contributed by atoms with Gasteiger partial charge in [0.25, 0.3) is 11.7 Å². The molecular formula is C25H27NO6. The molecule has 2 unspecified atom stereocenters. The Hall–Kier alpha value is -3.32. The molecule has 0 aliphatic carbocycles. The maximum absolute atomic E-state index is 13.2. The Morgan fingerprint density at radius 3 is 2.62 bits per heavy atom. The lowest BCUT2D eigenvalue weighted by atomic mass is 9.94. The second kappa shape index (κ2) is 9.04. The molecular weight excluding hydrogens is 410 g/mol. The number of hydrogen-bond donors (Lipinski definition) is 1.